The normalized spacial score (nSPS) is 16.7. The van der Waals surface area contributed by atoms with Gasteiger partial charge in [0.2, 0.25) is 5.91 Å². The van der Waals surface area contributed by atoms with Gasteiger partial charge in [0, 0.05) is 23.6 Å². The Bertz CT molecular complexity index is 452. The lowest BCUT2D eigenvalue weighted by atomic mass is 10.1. The average molecular weight is 249 g/mol. The first kappa shape index (κ1) is 13.1. The molecule has 0 bridgehead atoms. The van der Waals surface area contributed by atoms with Crippen LogP contribution in [0.3, 0.4) is 0 Å². The Morgan fingerprint density at radius 2 is 2.00 bits per heavy atom. The molecule has 2 nitrogen and oxygen atoms in total. The summed E-state index contributed by atoms with van der Waals surface area (Å²) < 4.78 is 13.7. The highest BCUT2D eigenvalue weighted by Crippen LogP contribution is 2.47. The fraction of sp³-hybridized carbons (Fsp3) is 0.533. The van der Waals surface area contributed by atoms with Gasteiger partial charge in [-0.15, -0.1) is 0 Å². The minimum Gasteiger partial charge on any atom is -0.335 e. The molecule has 98 valence electrons. The minimum atomic E-state index is -0.239. The molecule has 0 aliphatic heterocycles. The third-order valence-electron chi connectivity index (χ3n) is 3.70. The number of carbonyl (C=O) groups is 1. The zero-order valence-electron chi connectivity index (χ0n) is 11.2. The number of carbonyl (C=O) groups excluding carboxylic acids is 1. The first-order valence-corrected chi connectivity index (χ1v) is 6.48. The van der Waals surface area contributed by atoms with Crippen molar-refractivity contribution in [3.05, 3.63) is 35.6 Å². The summed E-state index contributed by atoms with van der Waals surface area (Å²) in [4.78, 5) is 14.2. The molecular formula is C15H20FNO. The number of hydrogen-bond donors (Lipinski definition) is 0. The molecule has 0 spiro atoms. The van der Waals surface area contributed by atoms with Crippen LogP contribution in [0.25, 0.3) is 0 Å². The van der Waals surface area contributed by atoms with Crippen molar-refractivity contribution < 1.29 is 9.18 Å². The number of hydrogen-bond acceptors (Lipinski definition) is 1. The van der Waals surface area contributed by atoms with Crippen molar-refractivity contribution in [1.29, 1.82) is 0 Å². The van der Waals surface area contributed by atoms with Gasteiger partial charge in [-0.1, -0.05) is 25.1 Å². The maximum atomic E-state index is 13.7. The zero-order chi connectivity index (χ0) is 13.3. The molecule has 0 heterocycles. The van der Waals surface area contributed by atoms with Gasteiger partial charge in [-0.3, -0.25) is 4.79 Å². The van der Waals surface area contributed by atoms with E-state index in [1.54, 1.807) is 23.1 Å². The SMILES string of the molecule is CC(C)N(Cc1ccccc1F)C(=O)C1(C)CC1. The molecule has 0 N–H and O–H groups in total. The zero-order valence-corrected chi connectivity index (χ0v) is 11.2. The van der Waals surface area contributed by atoms with Crippen molar-refractivity contribution >= 4 is 5.91 Å². The molecule has 1 saturated carbocycles. The van der Waals surface area contributed by atoms with E-state index in [4.69, 9.17) is 0 Å². The van der Waals surface area contributed by atoms with Gasteiger partial charge in [0.25, 0.3) is 0 Å². The van der Waals surface area contributed by atoms with E-state index in [9.17, 15) is 9.18 Å². The summed E-state index contributed by atoms with van der Waals surface area (Å²) in [6.45, 7) is 6.31. The van der Waals surface area contributed by atoms with E-state index >= 15 is 0 Å². The van der Waals surface area contributed by atoms with Crippen LogP contribution < -0.4 is 0 Å². The molecule has 3 heteroatoms. The molecule has 1 aliphatic carbocycles. The van der Waals surface area contributed by atoms with E-state index in [0.29, 0.717) is 12.1 Å². The number of rotatable bonds is 4. The third kappa shape index (κ3) is 2.55. The van der Waals surface area contributed by atoms with Gasteiger partial charge in [0.15, 0.2) is 0 Å². The van der Waals surface area contributed by atoms with Crippen molar-refractivity contribution in [2.24, 2.45) is 5.41 Å². The topological polar surface area (TPSA) is 20.3 Å². The Morgan fingerprint density at radius 1 is 1.39 bits per heavy atom. The van der Waals surface area contributed by atoms with E-state index < -0.39 is 0 Å². The van der Waals surface area contributed by atoms with E-state index in [1.165, 1.54) is 6.07 Å². The third-order valence-corrected chi connectivity index (χ3v) is 3.70. The van der Waals surface area contributed by atoms with E-state index in [-0.39, 0.29) is 23.2 Å². The minimum absolute atomic E-state index is 0.0922. The molecule has 18 heavy (non-hydrogen) atoms. The summed E-state index contributed by atoms with van der Waals surface area (Å²) in [6.07, 6.45) is 1.90. The van der Waals surface area contributed by atoms with Gasteiger partial charge in [0.1, 0.15) is 5.82 Å². The number of nitrogens with zero attached hydrogens (tertiary/aromatic N) is 1. The number of amides is 1. The number of benzene rings is 1. The van der Waals surface area contributed by atoms with Crippen LogP contribution in [-0.2, 0) is 11.3 Å². The van der Waals surface area contributed by atoms with Crippen LogP contribution in [0.15, 0.2) is 24.3 Å². The van der Waals surface area contributed by atoms with Crippen molar-refractivity contribution in [3.8, 4) is 0 Å². The van der Waals surface area contributed by atoms with Gasteiger partial charge in [-0.25, -0.2) is 4.39 Å². The second-order valence-electron chi connectivity index (χ2n) is 5.68. The lowest BCUT2D eigenvalue weighted by Crippen LogP contribution is -2.40. The maximum absolute atomic E-state index is 13.7. The first-order chi connectivity index (χ1) is 8.44. The summed E-state index contributed by atoms with van der Waals surface area (Å²) in [7, 11) is 0. The van der Waals surface area contributed by atoms with Crippen LogP contribution in [0.5, 0.6) is 0 Å². The Hall–Kier alpha value is -1.38. The molecule has 0 unspecified atom stereocenters. The fourth-order valence-electron chi connectivity index (χ4n) is 2.05. The van der Waals surface area contributed by atoms with E-state index in [0.717, 1.165) is 12.8 Å². The largest absolute Gasteiger partial charge is 0.335 e. The molecule has 0 atom stereocenters. The van der Waals surface area contributed by atoms with Crippen molar-refractivity contribution in [2.45, 2.75) is 46.2 Å². The van der Waals surface area contributed by atoms with Gasteiger partial charge in [-0.2, -0.15) is 0 Å². The summed E-state index contributed by atoms with van der Waals surface area (Å²) in [5.74, 6) is -0.0855. The first-order valence-electron chi connectivity index (χ1n) is 6.48. The predicted octanol–water partition coefficient (Wildman–Crippen LogP) is 3.36. The molecule has 0 radical (unpaired) electrons. The summed E-state index contributed by atoms with van der Waals surface area (Å²) in [5, 5.41) is 0. The molecular weight excluding hydrogens is 229 g/mol. The highest BCUT2D eigenvalue weighted by atomic mass is 19.1. The second kappa shape index (κ2) is 4.71. The molecule has 2 rings (SSSR count). The lowest BCUT2D eigenvalue weighted by molar-refractivity contribution is -0.138. The fourth-order valence-corrected chi connectivity index (χ4v) is 2.05. The molecule has 1 fully saturated rings. The second-order valence-corrected chi connectivity index (χ2v) is 5.68. The standard InChI is InChI=1S/C15H20FNO/c1-11(2)17(14(18)15(3)8-9-15)10-12-6-4-5-7-13(12)16/h4-7,11H,8-10H2,1-3H3. The maximum Gasteiger partial charge on any atom is 0.229 e. The Morgan fingerprint density at radius 3 is 2.50 bits per heavy atom. The van der Waals surface area contributed by atoms with Crippen LogP contribution in [0, 0.1) is 11.2 Å². The van der Waals surface area contributed by atoms with Crippen LogP contribution in [0.4, 0.5) is 4.39 Å². The van der Waals surface area contributed by atoms with Gasteiger partial charge >= 0.3 is 0 Å². The van der Waals surface area contributed by atoms with Crippen molar-refractivity contribution in [3.63, 3.8) is 0 Å². The highest BCUT2D eigenvalue weighted by Gasteiger charge is 2.47. The Balaban J connectivity index is 2.17. The van der Waals surface area contributed by atoms with Crippen molar-refractivity contribution in [1.82, 2.24) is 4.90 Å². The van der Waals surface area contributed by atoms with Crippen LogP contribution in [0.2, 0.25) is 0 Å². The van der Waals surface area contributed by atoms with Crippen LogP contribution in [-0.4, -0.2) is 16.8 Å². The Kier molecular flexibility index (Phi) is 3.42. The van der Waals surface area contributed by atoms with Gasteiger partial charge < -0.3 is 4.90 Å². The molecule has 1 aromatic carbocycles. The monoisotopic (exact) mass is 249 g/mol. The molecule has 1 aromatic rings. The summed E-state index contributed by atoms with van der Waals surface area (Å²) >= 11 is 0. The van der Waals surface area contributed by atoms with E-state index in [2.05, 4.69) is 0 Å². The number of halogens is 1. The average Bonchev–Trinajstić information content (AvgIpc) is 3.06. The molecule has 1 amide bonds. The van der Waals surface area contributed by atoms with Crippen molar-refractivity contribution in [2.75, 3.05) is 0 Å². The van der Waals surface area contributed by atoms with Crippen LogP contribution in [0.1, 0.15) is 39.2 Å². The van der Waals surface area contributed by atoms with Gasteiger partial charge in [-0.05, 0) is 32.8 Å². The van der Waals surface area contributed by atoms with Gasteiger partial charge in [0.05, 0.1) is 0 Å². The molecule has 1 aliphatic rings. The van der Waals surface area contributed by atoms with E-state index in [1.807, 2.05) is 20.8 Å². The summed E-state index contributed by atoms with van der Waals surface area (Å²) in [5.41, 5.74) is 0.388. The molecule has 0 saturated heterocycles. The Labute approximate surface area is 108 Å². The quantitative estimate of drug-likeness (QED) is 0.801. The predicted molar refractivity (Wildman–Crippen MR) is 69.4 cm³/mol. The lowest BCUT2D eigenvalue weighted by Gasteiger charge is -2.29. The molecule has 0 aromatic heterocycles. The highest BCUT2D eigenvalue weighted by molar-refractivity contribution is 5.85. The smallest absolute Gasteiger partial charge is 0.229 e. The summed E-state index contributed by atoms with van der Waals surface area (Å²) in [6, 6.07) is 6.75. The van der Waals surface area contributed by atoms with Crippen LogP contribution >= 0.6 is 0 Å².